The number of imidazole rings is 1. The second kappa shape index (κ2) is 5.88. The smallest absolute Gasteiger partial charge is 0.103 e. The molecule has 2 N–H and O–H groups in total. The van der Waals surface area contributed by atoms with Crippen LogP contribution in [0.1, 0.15) is 24.9 Å². The lowest BCUT2D eigenvalue weighted by Gasteiger charge is -2.16. The molecule has 86 valence electrons. The fraction of sp³-hybridized carbons (Fsp3) is 0.727. The second-order valence-corrected chi connectivity index (χ2v) is 4.37. The Morgan fingerprint density at radius 3 is 2.80 bits per heavy atom. The highest BCUT2D eigenvalue weighted by Gasteiger charge is 2.03. The molecule has 1 atom stereocenters. The maximum Gasteiger partial charge on any atom is 0.103 e. The normalized spacial score (nSPS) is 13.4. The Morgan fingerprint density at radius 2 is 2.27 bits per heavy atom. The molecule has 0 saturated carbocycles. The van der Waals surface area contributed by atoms with Crippen molar-refractivity contribution in [2.45, 2.75) is 32.9 Å². The first kappa shape index (κ1) is 12.2. The highest BCUT2D eigenvalue weighted by atomic mass is 15.1. The quantitative estimate of drug-likeness (QED) is 0.740. The molecular weight excluding hydrogens is 188 g/mol. The van der Waals surface area contributed by atoms with Gasteiger partial charge in [0.05, 0.1) is 0 Å². The van der Waals surface area contributed by atoms with Crippen LogP contribution in [0.3, 0.4) is 0 Å². The summed E-state index contributed by atoms with van der Waals surface area (Å²) in [6.45, 7) is 6.18. The molecule has 0 fully saturated rings. The largest absolute Gasteiger partial charge is 0.345 e. The van der Waals surface area contributed by atoms with E-state index in [2.05, 4.69) is 41.2 Å². The van der Waals surface area contributed by atoms with E-state index in [4.69, 9.17) is 0 Å². The number of H-pyrrole nitrogens is 1. The summed E-state index contributed by atoms with van der Waals surface area (Å²) in [5, 5.41) is 3.47. The van der Waals surface area contributed by atoms with Crippen molar-refractivity contribution in [3.8, 4) is 0 Å². The van der Waals surface area contributed by atoms with Gasteiger partial charge in [-0.1, -0.05) is 0 Å². The van der Waals surface area contributed by atoms with Crippen molar-refractivity contribution in [1.29, 1.82) is 0 Å². The second-order valence-electron chi connectivity index (χ2n) is 4.37. The van der Waals surface area contributed by atoms with Gasteiger partial charge in [0.15, 0.2) is 0 Å². The van der Waals surface area contributed by atoms with Crippen LogP contribution >= 0.6 is 0 Å². The predicted octanol–water partition coefficient (Wildman–Crippen LogP) is 1.15. The fourth-order valence-electron chi connectivity index (χ4n) is 1.40. The molecule has 4 heteroatoms. The Kier molecular flexibility index (Phi) is 4.78. The maximum absolute atomic E-state index is 4.16. The first-order chi connectivity index (χ1) is 7.08. The van der Waals surface area contributed by atoms with Crippen molar-refractivity contribution in [2.75, 3.05) is 20.6 Å². The lowest BCUT2D eigenvalue weighted by Crippen LogP contribution is -2.29. The molecular formula is C11H22N4. The van der Waals surface area contributed by atoms with Gasteiger partial charge in [-0.05, 0) is 40.9 Å². The number of aryl methyl sites for hydroxylation is 1. The predicted molar refractivity (Wildman–Crippen MR) is 62.8 cm³/mol. The summed E-state index contributed by atoms with van der Waals surface area (Å²) in [5.41, 5.74) is 1.16. The van der Waals surface area contributed by atoms with Crippen molar-refractivity contribution in [2.24, 2.45) is 0 Å². The molecule has 1 aromatic rings. The van der Waals surface area contributed by atoms with Crippen molar-refractivity contribution >= 4 is 0 Å². The molecule has 1 heterocycles. The van der Waals surface area contributed by atoms with Crippen LogP contribution in [0.4, 0.5) is 0 Å². The van der Waals surface area contributed by atoms with Crippen LogP contribution in [-0.4, -0.2) is 41.5 Å². The zero-order chi connectivity index (χ0) is 11.3. The van der Waals surface area contributed by atoms with Crippen LogP contribution < -0.4 is 5.32 Å². The van der Waals surface area contributed by atoms with E-state index in [1.54, 1.807) is 0 Å². The molecule has 1 unspecified atom stereocenters. The van der Waals surface area contributed by atoms with Gasteiger partial charge in [0, 0.05) is 24.5 Å². The van der Waals surface area contributed by atoms with Gasteiger partial charge in [-0.3, -0.25) is 0 Å². The first-order valence-corrected chi connectivity index (χ1v) is 5.46. The van der Waals surface area contributed by atoms with Crippen LogP contribution in [0.5, 0.6) is 0 Å². The minimum absolute atomic E-state index is 0.538. The van der Waals surface area contributed by atoms with E-state index >= 15 is 0 Å². The number of hydrogen-bond acceptors (Lipinski definition) is 3. The zero-order valence-electron chi connectivity index (χ0n) is 10.2. The monoisotopic (exact) mass is 210 g/mol. The molecule has 0 aliphatic carbocycles. The molecule has 0 spiro atoms. The molecule has 1 aromatic heterocycles. The van der Waals surface area contributed by atoms with E-state index in [9.17, 15) is 0 Å². The van der Waals surface area contributed by atoms with Crippen LogP contribution in [0.15, 0.2) is 6.20 Å². The highest BCUT2D eigenvalue weighted by molar-refractivity contribution is 4.99. The lowest BCUT2D eigenvalue weighted by atomic mass is 10.2. The van der Waals surface area contributed by atoms with Gasteiger partial charge in [-0.25, -0.2) is 4.98 Å². The zero-order valence-corrected chi connectivity index (χ0v) is 10.2. The number of rotatable bonds is 6. The first-order valence-electron chi connectivity index (χ1n) is 5.46. The Hall–Kier alpha value is -0.870. The summed E-state index contributed by atoms with van der Waals surface area (Å²) in [6.07, 6.45) is 3.06. The van der Waals surface area contributed by atoms with E-state index in [-0.39, 0.29) is 0 Å². The summed E-state index contributed by atoms with van der Waals surface area (Å²) in [4.78, 5) is 9.58. The Labute approximate surface area is 92.1 Å². The minimum Gasteiger partial charge on any atom is -0.345 e. The van der Waals surface area contributed by atoms with Crippen LogP contribution in [0.25, 0.3) is 0 Å². The number of nitrogens with one attached hydrogen (secondary N) is 2. The molecule has 0 aliphatic rings. The van der Waals surface area contributed by atoms with Gasteiger partial charge >= 0.3 is 0 Å². The van der Waals surface area contributed by atoms with E-state index < -0.39 is 0 Å². The number of hydrogen-bond donors (Lipinski definition) is 2. The minimum atomic E-state index is 0.538. The Bertz CT molecular complexity index is 280. The molecule has 4 nitrogen and oxygen atoms in total. The number of aromatic amines is 1. The van der Waals surface area contributed by atoms with E-state index in [1.807, 2.05) is 13.1 Å². The van der Waals surface area contributed by atoms with Crippen molar-refractivity contribution in [3.63, 3.8) is 0 Å². The summed E-state index contributed by atoms with van der Waals surface area (Å²) in [7, 11) is 4.20. The maximum atomic E-state index is 4.16. The molecule has 1 rings (SSSR count). The summed E-state index contributed by atoms with van der Waals surface area (Å²) >= 11 is 0. The lowest BCUT2D eigenvalue weighted by molar-refractivity contribution is 0.365. The van der Waals surface area contributed by atoms with E-state index in [0.29, 0.717) is 6.04 Å². The van der Waals surface area contributed by atoms with Gasteiger partial charge in [-0.15, -0.1) is 0 Å². The van der Waals surface area contributed by atoms with E-state index in [1.165, 1.54) is 6.42 Å². The Morgan fingerprint density at radius 1 is 1.53 bits per heavy atom. The molecule has 0 radical (unpaired) electrons. The van der Waals surface area contributed by atoms with Crippen molar-refractivity contribution in [3.05, 3.63) is 17.7 Å². The molecule has 0 bridgehead atoms. The Balaban J connectivity index is 2.19. The molecule has 15 heavy (non-hydrogen) atoms. The molecule has 0 aromatic carbocycles. The van der Waals surface area contributed by atoms with Crippen LogP contribution in [0, 0.1) is 6.92 Å². The number of nitrogens with zero attached hydrogens (tertiary/aromatic N) is 2. The average molecular weight is 210 g/mol. The van der Waals surface area contributed by atoms with E-state index in [0.717, 1.165) is 24.6 Å². The van der Waals surface area contributed by atoms with Crippen molar-refractivity contribution in [1.82, 2.24) is 20.2 Å². The molecule has 0 aliphatic heterocycles. The van der Waals surface area contributed by atoms with Gasteiger partial charge in [0.1, 0.15) is 5.82 Å². The topological polar surface area (TPSA) is 44.0 Å². The van der Waals surface area contributed by atoms with Gasteiger partial charge in [0.25, 0.3) is 0 Å². The summed E-state index contributed by atoms with van der Waals surface area (Å²) in [6, 6.07) is 0.538. The SMILES string of the molecule is Cc1ncc(CNC(C)CCN(C)C)[nH]1. The number of aromatic nitrogens is 2. The molecule has 0 saturated heterocycles. The van der Waals surface area contributed by atoms with Gasteiger partial charge in [-0.2, -0.15) is 0 Å². The van der Waals surface area contributed by atoms with Crippen LogP contribution in [-0.2, 0) is 6.54 Å². The molecule has 0 amide bonds. The van der Waals surface area contributed by atoms with Gasteiger partial charge < -0.3 is 15.2 Å². The third-order valence-electron chi connectivity index (χ3n) is 2.41. The summed E-state index contributed by atoms with van der Waals surface area (Å²) in [5.74, 6) is 0.979. The third-order valence-corrected chi connectivity index (χ3v) is 2.41. The van der Waals surface area contributed by atoms with Crippen molar-refractivity contribution < 1.29 is 0 Å². The van der Waals surface area contributed by atoms with Gasteiger partial charge in [0.2, 0.25) is 0 Å². The standard InChI is InChI=1S/C11H22N4/c1-9(5-6-15(3)4)12-7-11-8-13-10(2)14-11/h8-9,12H,5-7H2,1-4H3,(H,13,14). The average Bonchev–Trinajstić information content (AvgIpc) is 2.58. The van der Waals surface area contributed by atoms with Crippen LogP contribution in [0.2, 0.25) is 0 Å². The highest BCUT2D eigenvalue weighted by Crippen LogP contribution is 1.98. The fourth-order valence-corrected chi connectivity index (χ4v) is 1.40. The summed E-state index contributed by atoms with van der Waals surface area (Å²) < 4.78 is 0. The third kappa shape index (κ3) is 4.95.